The zero-order valence-corrected chi connectivity index (χ0v) is 13.6. The number of nitrogens with zero attached hydrogens (tertiary/aromatic N) is 1. The molecule has 20 heavy (non-hydrogen) atoms. The molecule has 106 valence electrons. The number of thioether (sulfide) groups is 1. The molecule has 0 radical (unpaired) electrons. The van der Waals surface area contributed by atoms with Gasteiger partial charge in [0.2, 0.25) is 0 Å². The van der Waals surface area contributed by atoms with Crippen molar-refractivity contribution in [2.45, 2.75) is 25.4 Å². The van der Waals surface area contributed by atoms with Gasteiger partial charge in [0.15, 0.2) is 0 Å². The standard InChI is InChI=1S/C16H19ClN2S/c1-11-6-12(2)8-13(7-11)9-20-10-15-14(17)4-5-16(18-3)19-15/h4-8H,9-10H2,1-3H3,(H,18,19). The lowest BCUT2D eigenvalue weighted by atomic mass is 10.1. The number of nitrogens with one attached hydrogen (secondary N) is 1. The molecule has 0 saturated heterocycles. The first-order valence-corrected chi connectivity index (χ1v) is 8.10. The Bertz CT molecular complexity index is 579. The minimum Gasteiger partial charge on any atom is -0.373 e. The molecule has 0 unspecified atom stereocenters. The number of hydrogen-bond acceptors (Lipinski definition) is 3. The summed E-state index contributed by atoms with van der Waals surface area (Å²) in [7, 11) is 1.86. The van der Waals surface area contributed by atoms with E-state index in [1.165, 1.54) is 16.7 Å². The molecule has 0 amide bonds. The third-order valence-electron chi connectivity index (χ3n) is 2.96. The lowest BCUT2D eigenvalue weighted by Gasteiger charge is -2.07. The van der Waals surface area contributed by atoms with E-state index >= 15 is 0 Å². The molecule has 1 aromatic carbocycles. The van der Waals surface area contributed by atoms with Crippen molar-refractivity contribution in [3.05, 3.63) is 57.7 Å². The number of hydrogen-bond donors (Lipinski definition) is 1. The van der Waals surface area contributed by atoms with Crippen molar-refractivity contribution < 1.29 is 0 Å². The van der Waals surface area contributed by atoms with Crippen LogP contribution in [0.4, 0.5) is 5.82 Å². The Morgan fingerprint density at radius 2 is 1.80 bits per heavy atom. The summed E-state index contributed by atoms with van der Waals surface area (Å²) in [5.74, 6) is 2.66. The van der Waals surface area contributed by atoms with Crippen molar-refractivity contribution in [2.24, 2.45) is 0 Å². The molecule has 0 bridgehead atoms. The van der Waals surface area contributed by atoms with Gasteiger partial charge in [0.1, 0.15) is 5.82 Å². The summed E-state index contributed by atoms with van der Waals surface area (Å²) in [6, 6.07) is 10.5. The number of halogens is 1. The summed E-state index contributed by atoms with van der Waals surface area (Å²) >= 11 is 8.02. The summed E-state index contributed by atoms with van der Waals surface area (Å²) in [4.78, 5) is 4.49. The van der Waals surface area contributed by atoms with Gasteiger partial charge >= 0.3 is 0 Å². The normalized spacial score (nSPS) is 10.6. The molecule has 2 nitrogen and oxygen atoms in total. The molecular formula is C16H19ClN2S. The third kappa shape index (κ3) is 4.15. The Morgan fingerprint density at radius 3 is 2.45 bits per heavy atom. The molecule has 2 rings (SSSR count). The van der Waals surface area contributed by atoms with E-state index in [1.807, 2.05) is 30.9 Å². The van der Waals surface area contributed by atoms with Crippen molar-refractivity contribution >= 4 is 29.2 Å². The fraction of sp³-hybridized carbons (Fsp3) is 0.312. The number of rotatable bonds is 5. The van der Waals surface area contributed by atoms with Crippen LogP contribution in [0.3, 0.4) is 0 Å². The van der Waals surface area contributed by atoms with E-state index < -0.39 is 0 Å². The highest BCUT2D eigenvalue weighted by atomic mass is 35.5. The van der Waals surface area contributed by atoms with Crippen molar-refractivity contribution in [1.29, 1.82) is 0 Å². The molecule has 0 spiro atoms. The fourth-order valence-electron chi connectivity index (χ4n) is 2.14. The SMILES string of the molecule is CNc1ccc(Cl)c(CSCc2cc(C)cc(C)c2)n1. The fourth-order valence-corrected chi connectivity index (χ4v) is 3.31. The molecule has 2 aromatic rings. The van der Waals surface area contributed by atoms with Gasteiger partial charge in [-0.05, 0) is 31.5 Å². The van der Waals surface area contributed by atoms with Gasteiger partial charge in [0, 0.05) is 18.6 Å². The van der Waals surface area contributed by atoms with E-state index in [0.29, 0.717) is 0 Å². The molecule has 1 heterocycles. The van der Waals surface area contributed by atoms with Crippen LogP contribution in [-0.2, 0) is 11.5 Å². The largest absolute Gasteiger partial charge is 0.373 e. The van der Waals surface area contributed by atoms with Crippen LogP contribution in [0.15, 0.2) is 30.3 Å². The van der Waals surface area contributed by atoms with E-state index in [1.54, 1.807) is 0 Å². The van der Waals surface area contributed by atoms with Gasteiger partial charge in [-0.15, -0.1) is 0 Å². The quantitative estimate of drug-likeness (QED) is 0.856. The van der Waals surface area contributed by atoms with Crippen LogP contribution in [-0.4, -0.2) is 12.0 Å². The Hall–Kier alpha value is -1.19. The van der Waals surface area contributed by atoms with Gasteiger partial charge in [0.25, 0.3) is 0 Å². The Kier molecular flexibility index (Phi) is 5.32. The summed E-state index contributed by atoms with van der Waals surface area (Å²) in [6.07, 6.45) is 0. The van der Waals surface area contributed by atoms with Gasteiger partial charge in [-0.3, -0.25) is 0 Å². The Balaban J connectivity index is 1.99. The van der Waals surface area contributed by atoms with E-state index in [-0.39, 0.29) is 0 Å². The highest BCUT2D eigenvalue weighted by molar-refractivity contribution is 7.97. The van der Waals surface area contributed by atoms with E-state index in [4.69, 9.17) is 11.6 Å². The molecule has 0 aliphatic heterocycles. The predicted molar refractivity (Wildman–Crippen MR) is 89.7 cm³/mol. The van der Waals surface area contributed by atoms with Crippen LogP contribution in [0.2, 0.25) is 5.02 Å². The number of pyridine rings is 1. The zero-order valence-electron chi connectivity index (χ0n) is 12.0. The lowest BCUT2D eigenvalue weighted by molar-refractivity contribution is 1.16. The van der Waals surface area contributed by atoms with Crippen LogP contribution in [0.5, 0.6) is 0 Å². The van der Waals surface area contributed by atoms with Gasteiger partial charge in [-0.25, -0.2) is 4.98 Å². The molecule has 0 fully saturated rings. The Labute approximate surface area is 130 Å². The minimum atomic E-state index is 0.733. The maximum absolute atomic E-state index is 6.18. The third-order valence-corrected chi connectivity index (χ3v) is 4.32. The minimum absolute atomic E-state index is 0.733. The van der Waals surface area contributed by atoms with Crippen LogP contribution < -0.4 is 5.32 Å². The second-order valence-electron chi connectivity index (χ2n) is 4.86. The van der Waals surface area contributed by atoms with Crippen LogP contribution >= 0.6 is 23.4 Å². The average Bonchev–Trinajstić information content (AvgIpc) is 2.40. The second-order valence-corrected chi connectivity index (χ2v) is 6.26. The van der Waals surface area contributed by atoms with Crippen molar-refractivity contribution in [2.75, 3.05) is 12.4 Å². The first-order chi connectivity index (χ1) is 9.58. The number of aryl methyl sites for hydroxylation is 2. The number of benzene rings is 1. The summed E-state index contributed by atoms with van der Waals surface area (Å²) in [6.45, 7) is 4.27. The molecule has 0 saturated carbocycles. The highest BCUT2D eigenvalue weighted by Crippen LogP contribution is 2.24. The zero-order chi connectivity index (χ0) is 14.5. The summed E-state index contributed by atoms with van der Waals surface area (Å²) in [5.41, 5.74) is 4.92. The highest BCUT2D eigenvalue weighted by Gasteiger charge is 2.04. The first kappa shape index (κ1) is 15.2. The first-order valence-electron chi connectivity index (χ1n) is 6.56. The van der Waals surface area contributed by atoms with Gasteiger partial charge in [-0.2, -0.15) is 11.8 Å². The van der Waals surface area contributed by atoms with Crippen molar-refractivity contribution in [1.82, 2.24) is 4.98 Å². The summed E-state index contributed by atoms with van der Waals surface area (Å²) < 4.78 is 0. The van der Waals surface area contributed by atoms with Gasteiger partial charge < -0.3 is 5.32 Å². The molecule has 0 aliphatic carbocycles. The van der Waals surface area contributed by atoms with Gasteiger partial charge in [-0.1, -0.05) is 40.9 Å². The number of anilines is 1. The lowest BCUT2D eigenvalue weighted by Crippen LogP contribution is -1.96. The van der Waals surface area contributed by atoms with Crippen LogP contribution in [0.1, 0.15) is 22.4 Å². The van der Waals surface area contributed by atoms with Crippen molar-refractivity contribution in [3.63, 3.8) is 0 Å². The number of aromatic nitrogens is 1. The molecule has 0 atom stereocenters. The van der Waals surface area contributed by atoms with E-state index in [0.717, 1.165) is 28.0 Å². The topological polar surface area (TPSA) is 24.9 Å². The van der Waals surface area contributed by atoms with Gasteiger partial charge in [0.05, 0.1) is 10.7 Å². The molecule has 0 aliphatic rings. The average molecular weight is 307 g/mol. The predicted octanol–water partition coefficient (Wildman–Crippen LogP) is 4.83. The van der Waals surface area contributed by atoms with Crippen molar-refractivity contribution in [3.8, 4) is 0 Å². The summed E-state index contributed by atoms with van der Waals surface area (Å²) in [5, 5.41) is 3.77. The monoisotopic (exact) mass is 306 g/mol. The van der Waals surface area contributed by atoms with E-state index in [2.05, 4.69) is 42.3 Å². The molecule has 1 N–H and O–H groups in total. The molecule has 1 aromatic heterocycles. The molecule has 4 heteroatoms. The maximum Gasteiger partial charge on any atom is 0.126 e. The maximum atomic E-state index is 6.18. The second kappa shape index (κ2) is 7.00. The van der Waals surface area contributed by atoms with Crippen LogP contribution in [0.25, 0.3) is 0 Å². The molecular weight excluding hydrogens is 288 g/mol. The van der Waals surface area contributed by atoms with Crippen LogP contribution in [0, 0.1) is 13.8 Å². The van der Waals surface area contributed by atoms with E-state index in [9.17, 15) is 0 Å². The Morgan fingerprint density at radius 1 is 1.10 bits per heavy atom. The smallest absolute Gasteiger partial charge is 0.126 e.